The minimum Gasteiger partial charge on any atom is -0.480 e. The minimum absolute atomic E-state index is 0. The van der Waals surface area contributed by atoms with Crippen LogP contribution in [0.15, 0.2) is 16.7 Å². The number of rotatable bonds is 2. The van der Waals surface area contributed by atoms with Crippen molar-refractivity contribution in [2.45, 2.75) is 0 Å². The van der Waals surface area contributed by atoms with Crippen molar-refractivity contribution in [3.8, 4) is 5.88 Å². The summed E-state index contributed by atoms with van der Waals surface area (Å²) in [5, 5.41) is 0. The smallest absolute Gasteiger partial charge is 0.224 e. The first-order valence-corrected chi connectivity index (χ1v) is 3.73. The highest BCUT2D eigenvalue weighted by molar-refractivity contribution is 9.10. The van der Waals surface area contributed by atoms with E-state index >= 15 is 0 Å². The summed E-state index contributed by atoms with van der Waals surface area (Å²) in [5.74, 6) is 0.342. The molecule has 0 N–H and O–H groups in total. The highest BCUT2D eigenvalue weighted by Gasteiger charge is 2.02. The first-order chi connectivity index (χ1) is 5.27. The number of aldehydes is 1. The summed E-state index contributed by atoms with van der Waals surface area (Å²) in [5.41, 5.74) is 0.454. The van der Waals surface area contributed by atoms with Crippen molar-refractivity contribution in [3.63, 3.8) is 0 Å². The number of nitrogens with zero attached hydrogens (tertiary/aromatic N) is 1. The van der Waals surface area contributed by atoms with Gasteiger partial charge >= 0.3 is 0 Å². The largest absolute Gasteiger partial charge is 0.480 e. The molecule has 0 atom stereocenters. The lowest BCUT2D eigenvalue weighted by Gasteiger charge is -2.00. The summed E-state index contributed by atoms with van der Waals surface area (Å²) in [4.78, 5) is 14.3. The number of methoxy groups -OCH3 is 1. The van der Waals surface area contributed by atoms with Gasteiger partial charge in [-0.25, -0.2) is 4.98 Å². The van der Waals surface area contributed by atoms with Crippen LogP contribution >= 0.6 is 28.3 Å². The highest BCUT2D eigenvalue weighted by Crippen LogP contribution is 2.16. The van der Waals surface area contributed by atoms with Crippen LogP contribution in [0.5, 0.6) is 5.88 Å². The normalized spacial score (nSPS) is 8.50. The number of hydrogen-bond donors (Lipinski definition) is 0. The monoisotopic (exact) mass is 251 g/mol. The Balaban J connectivity index is 0.00000121. The fourth-order valence-electron chi connectivity index (χ4n) is 0.682. The predicted molar refractivity (Wildman–Crippen MR) is 51.1 cm³/mol. The Morgan fingerprint density at radius 1 is 1.58 bits per heavy atom. The molecule has 1 aromatic heterocycles. The van der Waals surface area contributed by atoms with Crippen LogP contribution in [0.2, 0.25) is 0 Å². The van der Waals surface area contributed by atoms with Gasteiger partial charge in [0.1, 0.15) is 4.60 Å². The van der Waals surface area contributed by atoms with Gasteiger partial charge in [0.05, 0.1) is 12.7 Å². The summed E-state index contributed by atoms with van der Waals surface area (Å²) in [6.45, 7) is 0. The molecule has 3 nitrogen and oxygen atoms in total. The maximum atomic E-state index is 10.4. The fourth-order valence-corrected chi connectivity index (χ4v) is 0.975. The third kappa shape index (κ3) is 2.46. The van der Waals surface area contributed by atoms with E-state index in [0.29, 0.717) is 22.3 Å². The molecule has 1 rings (SSSR count). The van der Waals surface area contributed by atoms with Crippen molar-refractivity contribution in [2.75, 3.05) is 7.11 Å². The molecule has 0 unspecified atom stereocenters. The Morgan fingerprint density at radius 3 is 2.75 bits per heavy atom. The van der Waals surface area contributed by atoms with Crippen LogP contribution in [0.25, 0.3) is 0 Å². The second-order valence-electron chi connectivity index (χ2n) is 1.85. The van der Waals surface area contributed by atoms with Crippen LogP contribution in [0.4, 0.5) is 0 Å². The van der Waals surface area contributed by atoms with E-state index in [1.54, 1.807) is 12.1 Å². The van der Waals surface area contributed by atoms with Gasteiger partial charge in [0, 0.05) is 0 Å². The van der Waals surface area contributed by atoms with Crippen molar-refractivity contribution in [3.05, 3.63) is 22.3 Å². The molecule has 0 aliphatic carbocycles. The van der Waals surface area contributed by atoms with E-state index in [0.717, 1.165) is 0 Å². The lowest BCUT2D eigenvalue weighted by molar-refractivity contribution is 0.112. The summed E-state index contributed by atoms with van der Waals surface area (Å²) in [6, 6.07) is 3.33. The molecular weight excluding hydrogens is 245 g/mol. The Hall–Kier alpha value is -0.610. The third-order valence-electron chi connectivity index (χ3n) is 1.18. The van der Waals surface area contributed by atoms with E-state index in [1.165, 1.54) is 7.11 Å². The van der Waals surface area contributed by atoms with Gasteiger partial charge in [0.15, 0.2) is 6.29 Å². The molecular formula is C7H7BrClNO2. The van der Waals surface area contributed by atoms with Crippen LogP contribution in [0.3, 0.4) is 0 Å². The average Bonchev–Trinajstić information content (AvgIpc) is 2.04. The third-order valence-corrected chi connectivity index (χ3v) is 1.62. The van der Waals surface area contributed by atoms with Crippen molar-refractivity contribution >= 4 is 34.6 Å². The van der Waals surface area contributed by atoms with E-state index < -0.39 is 0 Å². The maximum absolute atomic E-state index is 10.4. The topological polar surface area (TPSA) is 39.2 Å². The van der Waals surface area contributed by atoms with Gasteiger partial charge < -0.3 is 4.74 Å². The van der Waals surface area contributed by atoms with Crippen molar-refractivity contribution in [1.29, 1.82) is 0 Å². The number of carbonyl (C=O) groups excluding carboxylic acids is 1. The van der Waals surface area contributed by atoms with Crippen molar-refractivity contribution in [1.82, 2.24) is 4.98 Å². The second-order valence-corrected chi connectivity index (χ2v) is 2.66. The standard InChI is InChI=1S/C7H6BrNO2.ClH/c1-11-7-5(4-10)2-3-6(8)9-7;/h2-4H,1H3;1H. The van der Waals surface area contributed by atoms with Gasteiger partial charge in [-0.2, -0.15) is 0 Å². The Bertz CT molecular complexity index is 280. The van der Waals surface area contributed by atoms with Gasteiger partial charge in [-0.15, -0.1) is 12.4 Å². The van der Waals surface area contributed by atoms with Crippen LogP contribution in [0, 0.1) is 0 Å². The van der Waals surface area contributed by atoms with Crippen molar-refractivity contribution in [2.24, 2.45) is 0 Å². The predicted octanol–water partition coefficient (Wildman–Crippen LogP) is 2.09. The van der Waals surface area contributed by atoms with E-state index in [-0.39, 0.29) is 12.4 Å². The molecule has 0 saturated heterocycles. The van der Waals surface area contributed by atoms with Gasteiger partial charge in [0.2, 0.25) is 5.88 Å². The summed E-state index contributed by atoms with van der Waals surface area (Å²) in [7, 11) is 1.47. The van der Waals surface area contributed by atoms with Gasteiger partial charge in [-0.3, -0.25) is 4.79 Å². The molecule has 66 valence electrons. The Morgan fingerprint density at radius 2 is 2.25 bits per heavy atom. The molecule has 1 aromatic rings. The summed E-state index contributed by atoms with van der Waals surface area (Å²) < 4.78 is 5.50. The summed E-state index contributed by atoms with van der Waals surface area (Å²) >= 11 is 3.16. The molecule has 0 aliphatic rings. The molecule has 0 aromatic carbocycles. The molecule has 0 amide bonds. The Kier molecular flexibility index (Phi) is 4.85. The van der Waals surface area contributed by atoms with E-state index in [9.17, 15) is 4.79 Å². The first kappa shape index (κ1) is 11.4. The lowest BCUT2D eigenvalue weighted by Crippen LogP contribution is -1.93. The maximum Gasteiger partial charge on any atom is 0.224 e. The molecule has 0 saturated carbocycles. The summed E-state index contributed by atoms with van der Waals surface area (Å²) in [6.07, 6.45) is 0.707. The number of aromatic nitrogens is 1. The van der Waals surface area contributed by atoms with Crippen molar-refractivity contribution < 1.29 is 9.53 Å². The minimum atomic E-state index is 0. The van der Waals surface area contributed by atoms with Gasteiger partial charge in [-0.1, -0.05) is 0 Å². The molecule has 0 bridgehead atoms. The van der Waals surface area contributed by atoms with Crippen LogP contribution in [-0.2, 0) is 0 Å². The molecule has 0 spiro atoms. The molecule has 0 fully saturated rings. The number of carbonyl (C=O) groups is 1. The van der Waals surface area contributed by atoms with Crippen LogP contribution < -0.4 is 4.74 Å². The second kappa shape index (κ2) is 5.11. The zero-order valence-corrected chi connectivity index (χ0v) is 8.68. The van der Waals surface area contributed by atoms with Gasteiger partial charge in [0.25, 0.3) is 0 Å². The first-order valence-electron chi connectivity index (χ1n) is 2.93. The molecule has 1 heterocycles. The molecule has 5 heteroatoms. The van der Waals surface area contributed by atoms with Crippen LogP contribution in [0.1, 0.15) is 10.4 Å². The number of pyridine rings is 1. The highest BCUT2D eigenvalue weighted by atomic mass is 79.9. The molecule has 12 heavy (non-hydrogen) atoms. The zero-order valence-electron chi connectivity index (χ0n) is 6.28. The Labute approximate surface area is 84.7 Å². The zero-order chi connectivity index (χ0) is 8.27. The lowest BCUT2D eigenvalue weighted by atomic mass is 10.3. The number of halogens is 2. The number of ether oxygens (including phenoxy) is 1. The van der Waals surface area contributed by atoms with E-state index in [1.807, 2.05) is 0 Å². The quantitative estimate of drug-likeness (QED) is 0.598. The van der Waals surface area contributed by atoms with E-state index in [2.05, 4.69) is 20.9 Å². The average molecular weight is 252 g/mol. The number of hydrogen-bond acceptors (Lipinski definition) is 3. The molecule has 0 radical (unpaired) electrons. The van der Waals surface area contributed by atoms with Gasteiger partial charge in [-0.05, 0) is 28.1 Å². The van der Waals surface area contributed by atoms with E-state index in [4.69, 9.17) is 4.74 Å². The SMILES string of the molecule is COc1nc(Br)ccc1C=O.Cl. The van der Waals surface area contributed by atoms with Crippen LogP contribution in [-0.4, -0.2) is 18.4 Å². The molecule has 0 aliphatic heterocycles. The fraction of sp³-hybridized carbons (Fsp3) is 0.143.